The normalized spacial score (nSPS) is 12.4. The third kappa shape index (κ3) is 5.41. The van der Waals surface area contributed by atoms with Crippen molar-refractivity contribution in [1.82, 2.24) is 0 Å². The average molecular weight is 400 g/mol. The molecule has 0 bridgehead atoms. The SMILES string of the molecule is O=c1cc(C([O-])=CC=C2C=CC=C2)c2ccc(O)cc2o1.[Fe+2].c1cc[cH-]c1. The van der Waals surface area contributed by atoms with Crippen molar-refractivity contribution >= 4 is 16.7 Å². The van der Waals surface area contributed by atoms with E-state index in [2.05, 4.69) is 0 Å². The van der Waals surface area contributed by atoms with E-state index in [1.165, 1.54) is 18.2 Å². The summed E-state index contributed by atoms with van der Waals surface area (Å²) in [6, 6.07) is 15.5. The number of rotatable bonds is 2. The molecule has 0 saturated heterocycles. The predicted molar refractivity (Wildman–Crippen MR) is 101 cm³/mol. The standard InChI is InChI=1S/C17H12O4.C5H5.Fe/c18-12-6-7-13-14(10-17(20)21-16(13)9-12)15(19)8-5-11-3-1-2-4-11;1-2-4-5-3-1;/h1-10,18-19H;1-5H;/q;-1;+2/p-1. The van der Waals surface area contributed by atoms with Crippen molar-refractivity contribution in [3.05, 3.63) is 113 Å². The van der Waals surface area contributed by atoms with Gasteiger partial charge in [0.1, 0.15) is 11.3 Å². The molecule has 4 rings (SSSR count). The number of hydrogen-bond acceptors (Lipinski definition) is 4. The number of hydrogen-bond donors (Lipinski definition) is 1. The van der Waals surface area contributed by atoms with Crippen LogP contribution in [0.3, 0.4) is 0 Å². The predicted octanol–water partition coefficient (Wildman–Crippen LogP) is 3.66. The summed E-state index contributed by atoms with van der Waals surface area (Å²) < 4.78 is 4.99. The van der Waals surface area contributed by atoms with Gasteiger partial charge in [0, 0.05) is 17.5 Å². The van der Waals surface area contributed by atoms with Crippen molar-refractivity contribution in [2.45, 2.75) is 0 Å². The van der Waals surface area contributed by atoms with E-state index < -0.39 is 5.63 Å². The first-order valence-corrected chi connectivity index (χ1v) is 8.01. The molecule has 3 aromatic rings. The van der Waals surface area contributed by atoms with Crippen LogP contribution >= 0.6 is 0 Å². The molecule has 1 heterocycles. The topological polar surface area (TPSA) is 73.5 Å². The number of aromatic hydroxyl groups is 1. The summed E-state index contributed by atoms with van der Waals surface area (Å²) in [5.41, 5.74) is 0.725. The van der Waals surface area contributed by atoms with E-state index in [0.29, 0.717) is 5.39 Å². The van der Waals surface area contributed by atoms with Crippen molar-refractivity contribution in [2.24, 2.45) is 0 Å². The van der Waals surface area contributed by atoms with Crippen LogP contribution in [0, 0.1) is 0 Å². The number of allylic oxidation sites excluding steroid dienone is 7. The fourth-order valence-corrected chi connectivity index (χ4v) is 2.44. The summed E-state index contributed by atoms with van der Waals surface area (Å²) in [4.78, 5) is 11.5. The Hall–Kier alpha value is -3.14. The van der Waals surface area contributed by atoms with E-state index in [1.54, 1.807) is 12.1 Å². The second-order valence-electron chi connectivity index (χ2n) is 5.54. The molecule has 0 radical (unpaired) electrons. The van der Waals surface area contributed by atoms with Crippen LogP contribution in [0.25, 0.3) is 16.7 Å². The molecular formula is C22H16FeO4. The van der Waals surface area contributed by atoms with Crippen molar-refractivity contribution in [3.63, 3.8) is 0 Å². The number of fused-ring (bicyclic) bond motifs is 1. The molecule has 0 aliphatic heterocycles. The van der Waals surface area contributed by atoms with Crippen LogP contribution in [0.2, 0.25) is 0 Å². The minimum atomic E-state index is -0.627. The second kappa shape index (κ2) is 9.53. The first-order valence-electron chi connectivity index (χ1n) is 8.01. The molecule has 1 aromatic heterocycles. The van der Waals surface area contributed by atoms with Gasteiger partial charge in [0.05, 0.1) is 0 Å². The third-order valence-corrected chi connectivity index (χ3v) is 3.66. The molecule has 1 aliphatic rings. The Morgan fingerprint density at radius 1 is 1.11 bits per heavy atom. The molecule has 0 unspecified atom stereocenters. The Morgan fingerprint density at radius 3 is 2.44 bits per heavy atom. The molecule has 0 atom stereocenters. The van der Waals surface area contributed by atoms with Crippen LogP contribution in [-0.2, 0) is 17.1 Å². The van der Waals surface area contributed by atoms with E-state index >= 15 is 0 Å². The van der Waals surface area contributed by atoms with Gasteiger partial charge in [0.2, 0.25) is 0 Å². The van der Waals surface area contributed by atoms with E-state index in [4.69, 9.17) is 4.42 Å². The molecule has 4 nitrogen and oxygen atoms in total. The van der Waals surface area contributed by atoms with E-state index in [0.717, 1.165) is 11.6 Å². The summed E-state index contributed by atoms with van der Waals surface area (Å²) in [7, 11) is 0. The smallest absolute Gasteiger partial charge is 0.872 e. The van der Waals surface area contributed by atoms with Gasteiger partial charge < -0.3 is 14.6 Å². The van der Waals surface area contributed by atoms with Gasteiger partial charge in [0.15, 0.2) is 0 Å². The molecule has 5 heteroatoms. The van der Waals surface area contributed by atoms with Crippen molar-refractivity contribution in [1.29, 1.82) is 0 Å². The van der Waals surface area contributed by atoms with E-state index in [-0.39, 0.29) is 39.7 Å². The van der Waals surface area contributed by atoms with Gasteiger partial charge in [-0.05, 0) is 23.3 Å². The molecule has 2 aromatic carbocycles. The average Bonchev–Trinajstić information content (AvgIpc) is 3.34. The van der Waals surface area contributed by atoms with Gasteiger partial charge >= 0.3 is 22.7 Å². The third-order valence-electron chi connectivity index (χ3n) is 3.66. The minimum Gasteiger partial charge on any atom is -0.872 e. The second-order valence-corrected chi connectivity index (χ2v) is 5.54. The number of phenols is 1. The molecular weight excluding hydrogens is 384 g/mol. The Kier molecular flexibility index (Phi) is 7.12. The maximum Gasteiger partial charge on any atom is 2.00 e. The quantitative estimate of drug-likeness (QED) is 0.309. The summed E-state index contributed by atoms with van der Waals surface area (Å²) in [5.74, 6) is -0.317. The van der Waals surface area contributed by atoms with Crippen molar-refractivity contribution in [2.75, 3.05) is 0 Å². The molecule has 27 heavy (non-hydrogen) atoms. The van der Waals surface area contributed by atoms with Gasteiger partial charge in [0.25, 0.3) is 0 Å². The first-order chi connectivity index (χ1) is 12.6. The molecule has 136 valence electrons. The Balaban J connectivity index is 0.000000379. The maximum absolute atomic E-state index is 12.3. The zero-order valence-electron chi connectivity index (χ0n) is 14.2. The minimum absolute atomic E-state index is 0. The Bertz CT molecular complexity index is 1040. The molecule has 1 N–H and O–H groups in total. The fourth-order valence-electron chi connectivity index (χ4n) is 2.44. The number of phenolic OH excluding ortho intramolecular Hbond substituents is 1. The van der Waals surface area contributed by atoms with Gasteiger partial charge in [-0.1, -0.05) is 36.5 Å². The summed E-state index contributed by atoms with van der Waals surface area (Å²) >= 11 is 0. The fraction of sp³-hybridized carbons (Fsp3) is 0. The Labute approximate surface area is 166 Å². The van der Waals surface area contributed by atoms with E-state index in [9.17, 15) is 15.0 Å². The van der Waals surface area contributed by atoms with Crippen LogP contribution in [0.1, 0.15) is 5.56 Å². The van der Waals surface area contributed by atoms with Crippen LogP contribution in [0.15, 0.2) is 106 Å². The maximum atomic E-state index is 12.3. The van der Waals surface area contributed by atoms with Gasteiger partial charge in [-0.3, -0.25) is 0 Å². The number of benzene rings is 1. The zero-order chi connectivity index (χ0) is 18.4. The van der Waals surface area contributed by atoms with Gasteiger partial charge in [-0.25, -0.2) is 16.9 Å². The largest absolute Gasteiger partial charge is 2.00 e. The summed E-state index contributed by atoms with van der Waals surface area (Å²) in [6.07, 6.45) is 10.6. The van der Waals surface area contributed by atoms with Crippen molar-refractivity contribution < 1.29 is 31.7 Å². The first kappa shape index (κ1) is 20.2. The van der Waals surface area contributed by atoms with Gasteiger partial charge in [-0.15, -0.1) is 5.76 Å². The molecule has 0 fully saturated rings. The monoisotopic (exact) mass is 400 g/mol. The Morgan fingerprint density at radius 2 is 1.81 bits per heavy atom. The summed E-state index contributed by atoms with van der Waals surface area (Å²) in [6.45, 7) is 0. The van der Waals surface area contributed by atoms with Crippen LogP contribution in [-0.4, -0.2) is 5.11 Å². The van der Waals surface area contributed by atoms with Crippen LogP contribution in [0.5, 0.6) is 5.75 Å². The molecule has 1 aliphatic carbocycles. The molecule has 0 spiro atoms. The van der Waals surface area contributed by atoms with Crippen LogP contribution < -0.4 is 10.7 Å². The molecule has 0 amide bonds. The van der Waals surface area contributed by atoms with Crippen LogP contribution in [0.4, 0.5) is 0 Å². The zero-order valence-corrected chi connectivity index (χ0v) is 15.3. The molecule has 0 saturated carbocycles. The van der Waals surface area contributed by atoms with E-state index in [1.807, 2.05) is 54.6 Å². The summed E-state index contributed by atoms with van der Waals surface area (Å²) in [5, 5.41) is 22.2. The van der Waals surface area contributed by atoms with Crippen molar-refractivity contribution in [3.8, 4) is 5.75 Å². The van der Waals surface area contributed by atoms with Gasteiger partial charge in [-0.2, -0.15) is 18.2 Å².